The van der Waals surface area contributed by atoms with Crippen molar-refractivity contribution in [3.05, 3.63) is 70.9 Å². The van der Waals surface area contributed by atoms with Gasteiger partial charge in [-0.3, -0.25) is 0 Å². The SMILES string of the molecule is COc1ccc(-c2csc(-c3ccc(CNc4nnc(-c5cccs5)s4)cc3)n2)cc1OC. The van der Waals surface area contributed by atoms with Crippen molar-refractivity contribution < 1.29 is 9.47 Å². The van der Waals surface area contributed by atoms with Crippen molar-refractivity contribution in [3.8, 4) is 43.2 Å². The lowest BCUT2D eigenvalue weighted by Gasteiger charge is -2.08. The molecule has 9 heteroatoms. The standard InChI is InChI=1S/C24H20N4O2S3/c1-29-19-10-9-17(12-20(19)30-2)18-14-32-22(26-18)16-7-5-15(6-8-16)13-25-24-28-27-23(33-24)21-4-3-11-31-21/h3-12,14H,13H2,1-2H3,(H,25,28). The van der Waals surface area contributed by atoms with Crippen molar-refractivity contribution in [2.75, 3.05) is 19.5 Å². The summed E-state index contributed by atoms with van der Waals surface area (Å²) >= 11 is 4.86. The van der Waals surface area contributed by atoms with Gasteiger partial charge in [-0.25, -0.2) is 4.98 Å². The highest BCUT2D eigenvalue weighted by atomic mass is 32.1. The average Bonchev–Trinajstić information content (AvgIpc) is 3.64. The van der Waals surface area contributed by atoms with E-state index in [0.717, 1.165) is 36.8 Å². The van der Waals surface area contributed by atoms with Crippen molar-refractivity contribution >= 4 is 39.1 Å². The molecule has 5 aromatic rings. The van der Waals surface area contributed by atoms with Crippen LogP contribution in [0.3, 0.4) is 0 Å². The number of benzene rings is 2. The summed E-state index contributed by atoms with van der Waals surface area (Å²) in [5.41, 5.74) is 4.17. The van der Waals surface area contributed by atoms with Gasteiger partial charge in [0.25, 0.3) is 0 Å². The molecule has 0 fully saturated rings. The van der Waals surface area contributed by atoms with Gasteiger partial charge in [-0.15, -0.1) is 32.9 Å². The minimum atomic E-state index is 0.689. The number of methoxy groups -OCH3 is 2. The Morgan fingerprint density at radius 1 is 0.848 bits per heavy atom. The number of thiazole rings is 1. The van der Waals surface area contributed by atoms with Gasteiger partial charge in [0.15, 0.2) is 16.5 Å². The molecule has 0 radical (unpaired) electrons. The Hall–Kier alpha value is -3.27. The van der Waals surface area contributed by atoms with E-state index in [1.165, 1.54) is 5.56 Å². The van der Waals surface area contributed by atoms with Crippen molar-refractivity contribution in [2.24, 2.45) is 0 Å². The molecular formula is C24H20N4O2S3. The molecule has 0 bridgehead atoms. The van der Waals surface area contributed by atoms with Gasteiger partial charge in [-0.05, 0) is 35.2 Å². The second-order valence-corrected chi connectivity index (χ2v) is 9.83. The van der Waals surface area contributed by atoms with Gasteiger partial charge in [0.1, 0.15) is 5.01 Å². The van der Waals surface area contributed by atoms with Gasteiger partial charge in [0, 0.05) is 23.1 Å². The number of anilines is 1. The van der Waals surface area contributed by atoms with Crippen LogP contribution in [-0.4, -0.2) is 29.4 Å². The van der Waals surface area contributed by atoms with Gasteiger partial charge >= 0.3 is 0 Å². The van der Waals surface area contributed by atoms with E-state index >= 15 is 0 Å². The van der Waals surface area contributed by atoms with Gasteiger partial charge in [0.05, 0.1) is 24.8 Å². The highest BCUT2D eigenvalue weighted by Gasteiger charge is 2.11. The lowest BCUT2D eigenvalue weighted by atomic mass is 10.1. The third-order valence-corrected chi connectivity index (χ3v) is 7.80. The first-order valence-corrected chi connectivity index (χ1v) is 12.7. The molecule has 0 amide bonds. The van der Waals surface area contributed by atoms with Crippen LogP contribution in [0.1, 0.15) is 5.56 Å². The third kappa shape index (κ3) is 4.75. The van der Waals surface area contributed by atoms with E-state index in [2.05, 4.69) is 51.2 Å². The Morgan fingerprint density at radius 3 is 2.42 bits per heavy atom. The molecule has 0 atom stereocenters. The number of nitrogens with one attached hydrogen (secondary N) is 1. The zero-order valence-electron chi connectivity index (χ0n) is 17.9. The summed E-state index contributed by atoms with van der Waals surface area (Å²) in [5.74, 6) is 1.40. The number of ether oxygens (including phenoxy) is 2. The molecule has 0 spiro atoms. The summed E-state index contributed by atoms with van der Waals surface area (Å²) in [6.45, 7) is 0.689. The van der Waals surface area contributed by atoms with E-state index in [9.17, 15) is 0 Å². The fraction of sp³-hybridized carbons (Fsp3) is 0.125. The lowest BCUT2D eigenvalue weighted by molar-refractivity contribution is 0.355. The van der Waals surface area contributed by atoms with E-state index in [4.69, 9.17) is 14.5 Å². The molecule has 6 nitrogen and oxygen atoms in total. The Labute approximate surface area is 203 Å². The lowest BCUT2D eigenvalue weighted by Crippen LogP contribution is -1.98. The predicted molar refractivity (Wildman–Crippen MR) is 137 cm³/mol. The summed E-state index contributed by atoms with van der Waals surface area (Å²) in [4.78, 5) is 5.96. The second kappa shape index (κ2) is 9.70. The second-order valence-electron chi connectivity index (χ2n) is 7.05. The van der Waals surface area contributed by atoms with Gasteiger partial charge in [-0.2, -0.15) is 0 Å². The van der Waals surface area contributed by atoms with E-state index in [-0.39, 0.29) is 0 Å². The predicted octanol–water partition coefficient (Wildman–Crippen LogP) is 6.69. The van der Waals surface area contributed by atoms with Crippen LogP contribution in [0.2, 0.25) is 0 Å². The van der Waals surface area contributed by atoms with Crippen LogP contribution < -0.4 is 14.8 Å². The summed E-state index contributed by atoms with van der Waals surface area (Å²) < 4.78 is 10.7. The smallest absolute Gasteiger partial charge is 0.206 e. The van der Waals surface area contributed by atoms with Crippen molar-refractivity contribution in [3.63, 3.8) is 0 Å². The highest BCUT2D eigenvalue weighted by Crippen LogP contribution is 2.35. The molecule has 5 rings (SSSR count). The molecule has 2 aromatic carbocycles. The third-order valence-electron chi connectivity index (χ3n) is 4.99. The van der Waals surface area contributed by atoms with Crippen LogP contribution in [0.25, 0.3) is 31.7 Å². The summed E-state index contributed by atoms with van der Waals surface area (Å²) in [7, 11) is 3.27. The van der Waals surface area contributed by atoms with Crippen LogP contribution in [0, 0.1) is 0 Å². The molecule has 0 aliphatic heterocycles. The molecule has 0 saturated carbocycles. The van der Waals surface area contributed by atoms with Gasteiger partial charge < -0.3 is 14.8 Å². The fourth-order valence-corrected chi connectivity index (χ4v) is 5.64. The van der Waals surface area contributed by atoms with Crippen molar-refractivity contribution in [1.82, 2.24) is 15.2 Å². The molecule has 3 heterocycles. The van der Waals surface area contributed by atoms with Gasteiger partial charge in [0.2, 0.25) is 5.13 Å². The van der Waals surface area contributed by atoms with Crippen LogP contribution in [-0.2, 0) is 6.54 Å². The Kier molecular flexibility index (Phi) is 6.34. The zero-order valence-corrected chi connectivity index (χ0v) is 20.4. The maximum Gasteiger partial charge on any atom is 0.206 e. The zero-order chi connectivity index (χ0) is 22.6. The molecule has 0 aliphatic carbocycles. The maximum atomic E-state index is 5.42. The van der Waals surface area contributed by atoms with Gasteiger partial charge in [-0.1, -0.05) is 41.7 Å². The minimum absolute atomic E-state index is 0.689. The molecule has 166 valence electrons. The Morgan fingerprint density at radius 2 is 1.67 bits per heavy atom. The topological polar surface area (TPSA) is 69.2 Å². The molecule has 0 aliphatic rings. The quantitative estimate of drug-likeness (QED) is 0.260. The largest absolute Gasteiger partial charge is 0.493 e. The summed E-state index contributed by atoms with van der Waals surface area (Å²) in [6.07, 6.45) is 0. The Balaban J connectivity index is 1.25. The summed E-state index contributed by atoms with van der Waals surface area (Å²) in [6, 6.07) is 18.4. The fourth-order valence-electron chi connectivity index (χ4n) is 3.27. The first kappa shape index (κ1) is 21.6. The molecule has 33 heavy (non-hydrogen) atoms. The monoisotopic (exact) mass is 492 g/mol. The van der Waals surface area contributed by atoms with Crippen molar-refractivity contribution in [1.29, 1.82) is 0 Å². The number of hydrogen-bond donors (Lipinski definition) is 1. The number of hydrogen-bond acceptors (Lipinski definition) is 9. The van der Waals surface area contributed by atoms with Crippen LogP contribution in [0.5, 0.6) is 11.5 Å². The molecule has 1 N–H and O–H groups in total. The van der Waals surface area contributed by atoms with Crippen LogP contribution >= 0.6 is 34.0 Å². The van der Waals surface area contributed by atoms with E-state index < -0.39 is 0 Å². The van der Waals surface area contributed by atoms with Crippen LogP contribution in [0.4, 0.5) is 5.13 Å². The van der Waals surface area contributed by atoms with E-state index in [1.54, 1.807) is 48.2 Å². The first-order chi connectivity index (χ1) is 16.2. The molecule has 3 aromatic heterocycles. The van der Waals surface area contributed by atoms with E-state index in [1.807, 2.05) is 29.6 Å². The highest BCUT2D eigenvalue weighted by molar-refractivity contribution is 7.22. The number of thiophene rings is 1. The number of nitrogens with zero attached hydrogens (tertiary/aromatic N) is 3. The van der Waals surface area contributed by atoms with E-state index in [0.29, 0.717) is 18.0 Å². The Bertz CT molecular complexity index is 1340. The number of rotatable bonds is 8. The normalized spacial score (nSPS) is 10.8. The molecular weight excluding hydrogens is 472 g/mol. The number of aromatic nitrogens is 3. The summed E-state index contributed by atoms with van der Waals surface area (Å²) in [5, 5.41) is 18.7. The maximum absolute atomic E-state index is 5.42. The minimum Gasteiger partial charge on any atom is -0.493 e. The molecule has 0 unspecified atom stereocenters. The van der Waals surface area contributed by atoms with Crippen molar-refractivity contribution in [2.45, 2.75) is 6.54 Å². The first-order valence-electron chi connectivity index (χ1n) is 10.1. The van der Waals surface area contributed by atoms with Crippen LogP contribution in [0.15, 0.2) is 65.4 Å². The molecule has 0 saturated heterocycles. The average molecular weight is 493 g/mol.